The molecule has 10 heteroatoms. The number of nitrogens with zero attached hydrogens (tertiary/aromatic N) is 3. The molecule has 0 saturated heterocycles. The van der Waals surface area contributed by atoms with Gasteiger partial charge in [0.1, 0.15) is 18.1 Å². The number of ether oxygens (including phenoxy) is 1. The first-order valence-electron chi connectivity index (χ1n) is 6.96. The lowest BCUT2D eigenvalue weighted by Crippen LogP contribution is -2.23. The summed E-state index contributed by atoms with van der Waals surface area (Å²) in [6, 6.07) is 3.18. The van der Waals surface area contributed by atoms with Crippen LogP contribution in [0.4, 0.5) is 8.78 Å². The number of esters is 1. The average Bonchev–Trinajstić information content (AvgIpc) is 3.11. The normalized spacial score (nSPS) is 11.9. The number of rotatable bonds is 3. The van der Waals surface area contributed by atoms with Gasteiger partial charge < -0.3 is 13.8 Å². The summed E-state index contributed by atoms with van der Waals surface area (Å²) in [4.78, 5) is 27.7. The summed E-state index contributed by atoms with van der Waals surface area (Å²) in [5.41, 5.74) is -0.0779. The minimum Gasteiger partial charge on any atom is -0.468 e. The highest BCUT2D eigenvalue weighted by Crippen LogP contribution is 2.22. The first-order valence-corrected chi connectivity index (χ1v) is 7.78. The zero-order valence-corrected chi connectivity index (χ0v) is 13.9. The number of amides is 1. The standard InChI is InChI=1S/C15H11F2N3O4S/c1-7-3-10(19-24-7)14(22)18-15-20(6-12(21)23-2)13-9(17)4-8(16)5-11(13)25-15/h3-5H,6H2,1-2H3. The lowest BCUT2D eigenvalue weighted by atomic mass is 10.3. The van der Waals surface area contributed by atoms with E-state index in [0.717, 1.165) is 22.0 Å². The van der Waals surface area contributed by atoms with Crippen molar-refractivity contribution in [2.45, 2.75) is 13.5 Å². The molecule has 0 aliphatic carbocycles. The lowest BCUT2D eigenvalue weighted by Gasteiger charge is -2.04. The van der Waals surface area contributed by atoms with Gasteiger partial charge in [-0.2, -0.15) is 4.99 Å². The fraction of sp³-hybridized carbons (Fsp3) is 0.200. The Labute approximate surface area is 143 Å². The minimum absolute atomic E-state index is 0.00977. The summed E-state index contributed by atoms with van der Waals surface area (Å²) >= 11 is 0.864. The molecule has 0 aliphatic heterocycles. The van der Waals surface area contributed by atoms with Gasteiger partial charge in [0.2, 0.25) is 0 Å². The number of thiazole rings is 1. The van der Waals surface area contributed by atoms with Gasteiger partial charge in [-0.25, -0.2) is 8.78 Å². The first kappa shape index (κ1) is 17.0. The fourth-order valence-corrected chi connectivity index (χ4v) is 3.23. The third-order valence-electron chi connectivity index (χ3n) is 3.25. The average molecular weight is 367 g/mol. The van der Waals surface area contributed by atoms with Crippen molar-refractivity contribution >= 4 is 33.4 Å². The van der Waals surface area contributed by atoms with Crippen LogP contribution in [-0.2, 0) is 16.1 Å². The first-order chi connectivity index (χ1) is 11.9. The number of fused-ring (bicyclic) bond motifs is 1. The molecule has 0 N–H and O–H groups in total. The monoisotopic (exact) mass is 367 g/mol. The lowest BCUT2D eigenvalue weighted by molar-refractivity contribution is -0.141. The zero-order valence-electron chi connectivity index (χ0n) is 13.1. The second-order valence-corrected chi connectivity index (χ2v) is 6.03. The molecular weight excluding hydrogens is 356 g/mol. The van der Waals surface area contributed by atoms with Crippen LogP contribution in [0.25, 0.3) is 10.2 Å². The van der Waals surface area contributed by atoms with Crippen LogP contribution in [0.2, 0.25) is 0 Å². The van der Waals surface area contributed by atoms with E-state index in [4.69, 9.17) is 4.52 Å². The number of carbonyl (C=O) groups is 2. The van der Waals surface area contributed by atoms with E-state index in [2.05, 4.69) is 14.9 Å². The van der Waals surface area contributed by atoms with Gasteiger partial charge in [0, 0.05) is 12.1 Å². The van der Waals surface area contributed by atoms with Crippen molar-refractivity contribution in [3.05, 3.63) is 46.1 Å². The van der Waals surface area contributed by atoms with Crippen molar-refractivity contribution in [1.82, 2.24) is 9.72 Å². The van der Waals surface area contributed by atoms with E-state index in [9.17, 15) is 18.4 Å². The maximum Gasteiger partial charge on any atom is 0.325 e. The summed E-state index contributed by atoms with van der Waals surface area (Å²) in [5, 5.41) is 3.56. The van der Waals surface area contributed by atoms with E-state index in [1.54, 1.807) is 6.92 Å². The Balaban J connectivity index is 2.20. The summed E-state index contributed by atoms with van der Waals surface area (Å²) < 4.78 is 38.4. The van der Waals surface area contributed by atoms with E-state index in [0.29, 0.717) is 11.8 Å². The second kappa shape index (κ2) is 6.55. The molecule has 2 heterocycles. The van der Waals surface area contributed by atoms with Gasteiger partial charge in [-0.1, -0.05) is 16.5 Å². The molecule has 25 heavy (non-hydrogen) atoms. The Hall–Kier alpha value is -2.88. The molecule has 0 spiro atoms. The van der Waals surface area contributed by atoms with E-state index >= 15 is 0 Å². The molecule has 0 unspecified atom stereocenters. The second-order valence-electron chi connectivity index (χ2n) is 5.02. The van der Waals surface area contributed by atoms with E-state index in [1.807, 2.05) is 0 Å². The molecule has 7 nitrogen and oxygen atoms in total. The third-order valence-corrected chi connectivity index (χ3v) is 4.28. The SMILES string of the molecule is COC(=O)Cn1c(=NC(=O)c2cc(C)on2)sc2cc(F)cc(F)c21. The smallest absolute Gasteiger partial charge is 0.325 e. The van der Waals surface area contributed by atoms with Crippen LogP contribution in [0.5, 0.6) is 0 Å². The summed E-state index contributed by atoms with van der Waals surface area (Å²) in [6.07, 6.45) is 0. The zero-order chi connectivity index (χ0) is 18.1. The highest BCUT2D eigenvalue weighted by atomic mass is 32.1. The molecule has 1 amide bonds. The molecule has 0 radical (unpaired) electrons. The highest BCUT2D eigenvalue weighted by molar-refractivity contribution is 7.16. The van der Waals surface area contributed by atoms with Crippen LogP contribution < -0.4 is 4.80 Å². The number of hydrogen-bond donors (Lipinski definition) is 0. The van der Waals surface area contributed by atoms with Crippen LogP contribution in [-0.4, -0.2) is 28.7 Å². The Morgan fingerprint density at radius 1 is 1.36 bits per heavy atom. The van der Waals surface area contributed by atoms with Crippen LogP contribution in [0.3, 0.4) is 0 Å². The molecule has 0 saturated carbocycles. The predicted molar refractivity (Wildman–Crippen MR) is 82.9 cm³/mol. The number of methoxy groups -OCH3 is 1. The van der Waals surface area contributed by atoms with E-state index in [-0.39, 0.29) is 27.3 Å². The van der Waals surface area contributed by atoms with Gasteiger partial charge >= 0.3 is 11.9 Å². The van der Waals surface area contributed by atoms with Crippen LogP contribution in [0.1, 0.15) is 16.2 Å². The molecule has 130 valence electrons. The van der Waals surface area contributed by atoms with Gasteiger partial charge in [0.05, 0.1) is 17.3 Å². The Morgan fingerprint density at radius 3 is 2.76 bits per heavy atom. The molecule has 3 rings (SSSR count). The third kappa shape index (κ3) is 3.33. The molecule has 0 atom stereocenters. The number of aromatic nitrogens is 2. The van der Waals surface area contributed by atoms with Gasteiger partial charge in [0.15, 0.2) is 16.3 Å². The van der Waals surface area contributed by atoms with E-state index < -0.39 is 23.5 Å². The molecule has 0 fully saturated rings. The van der Waals surface area contributed by atoms with Crippen molar-refractivity contribution < 1.29 is 27.6 Å². The summed E-state index contributed by atoms with van der Waals surface area (Å²) in [6.45, 7) is 1.22. The van der Waals surface area contributed by atoms with E-state index in [1.165, 1.54) is 13.2 Å². The van der Waals surface area contributed by atoms with Crippen LogP contribution in [0.15, 0.2) is 27.7 Å². The van der Waals surface area contributed by atoms with Crippen LogP contribution >= 0.6 is 11.3 Å². The summed E-state index contributed by atoms with van der Waals surface area (Å²) in [7, 11) is 1.17. The molecule has 0 aliphatic rings. The Bertz CT molecular complexity index is 1050. The van der Waals surface area contributed by atoms with Crippen LogP contribution in [0, 0.1) is 18.6 Å². The quantitative estimate of drug-likeness (QED) is 0.663. The molecule has 2 aromatic heterocycles. The topological polar surface area (TPSA) is 86.7 Å². The number of halogens is 2. The maximum absolute atomic E-state index is 14.2. The Kier molecular flexibility index (Phi) is 4.45. The van der Waals surface area contributed by atoms with Gasteiger partial charge in [0.25, 0.3) is 0 Å². The number of aryl methyl sites for hydroxylation is 1. The van der Waals surface area contributed by atoms with Crippen molar-refractivity contribution in [3.8, 4) is 0 Å². The van der Waals surface area contributed by atoms with Crippen molar-refractivity contribution in [2.24, 2.45) is 4.99 Å². The molecule has 1 aromatic carbocycles. The van der Waals surface area contributed by atoms with Gasteiger partial charge in [-0.05, 0) is 13.0 Å². The maximum atomic E-state index is 14.2. The Morgan fingerprint density at radius 2 is 2.12 bits per heavy atom. The largest absolute Gasteiger partial charge is 0.468 e. The van der Waals surface area contributed by atoms with Crippen molar-refractivity contribution in [1.29, 1.82) is 0 Å². The summed E-state index contributed by atoms with van der Waals surface area (Å²) in [5.74, 6) is -2.63. The number of carbonyl (C=O) groups excluding carboxylic acids is 2. The molecular formula is C15H11F2N3O4S. The number of benzene rings is 1. The number of hydrogen-bond acceptors (Lipinski definition) is 6. The minimum atomic E-state index is -0.874. The molecule has 0 bridgehead atoms. The predicted octanol–water partition coefficient (Wildman–Crippen LogP) is 2.19. The van der Waals surface area contributed by atoms with Crippen molar-refractivity contribution in [2.75, 3.05) is 7.11 Å². The molecule has 3 aromatic rings. The highest BCUT2D eigenvalue weighted by Gasteiger charge is 2.17. The van der Waals surface area contributed by atoms with Crippen molar-refractivity contribution in [3.63, 3.8) is 0 Å². The van der Waals surface area contributed by atoms with Gasteiger partial charge in [-0.3, -0.25) is 9.59 Å². The fourth-order valence-electron chi connectivity index (χ4n) is 2.17. The van der Waals surface area contributed by atoms with Gasteiger partial charge in [-0.15, -0.1) is 0 Å².